The lowest BCUT2D eigenvalue weighted by Crippen LogP contribution is -3.14. The topological polar surface area (TPSA) is 30.4 Å². The Labute approximate surface area is 163 Å². The molecule has 1 N–H and O–H groups in total. The van der Waals surface area contributed by atoms with E-state index in [1.165, 1.54) is 16.7 Å². The summed E-state index contributed by atoms with van der Waals surface area (Å²) in [5, 5.41) is 4.61. The van der Waals surface area contributed by atoms with Crippen molar-refractivity contribution in [2.75, 3.05) is 31.1 Å². The maximum atomic E-state index is 14.2. The number of quaternary nitrogens is 1. The smallest absolute Gasteiger partial charge is 0.202 e. The number of rotatable bonds is 4. The molecule has 0 saturated carbocycles. The van der Waals surface area contributed by atoms with Gasteiger partial charge in [0.05, 0.1) is 31.7 Å². The molecule has 27 heavy (non-hydrogen) atoms. The maximum absolute atomic E-state index is 14.2. The van der Waals surface area contributed by atoms with Crippen LogP contribution in [-0.4, -0.2) is 40.5 Å². The number of anilines is 1. The lowest BCUT2D eigenvalue weighted by Gasteiger charge is -2.33. The van der Waals surface area contributed by atoms with E-state index in [4.69, 9.17) is 12.2 Å². The van der Waals surface area contributed by atoms with Gasteiger partial charge in [0.2, 0.25) is 4.77 Å². The fraction of sp³-hybridized carbons (Fsp3) is 0.300. The van der Waals surface area contributed by atoms with Gasteiger partial charge >= 0.3 is 0 Å². The fourth-order valence-electron chi connectivity index (χ4n) is 3.56. The molecule has 1 aliphatic heterocycles. The molecule has 4 rings (SSSR count). The van der Waals surface area contributed by atoms with E-state index in [0.717, 1.165) is 26.2 Å². The van der Waals surface area contributed by atoms with Gasteiger partial charge in [0.25, 0.3) is 0 Å². The van der Waals surface area contributed by atoms with Crippen LogP contribution in [0.4, 0.5) is 10.1 Å². The van der Waals surface area contributed by atoms with Gasteiger partial charge in [-0.2, -0.15) is 4.68 Å². The number of nitrogens with zero attached hydrogens (tertiary/aromatic N) is 4. The van der Waals surface area contributed by atoms with Crippen LogP contribution >= 0.6 is 12.2 Å². The van der Waals surface area contributed by atoms with Gasteiger partial charge in [0, 0.05) is 12.7 Å². The van der Waals surface area contributed by atoms with Crippen molar-refractivity contribution in [1.29, 1.82) is 0 Å². The molecule has 0 atom stereocenters. The van der Waals surface area contributed by atoms with Crippen LogP contribution in [0, 0.1) is 10.6 Å². The van der Waals surface area contributed by atoms with Crippen LogP contribution in [0.1, 0.15) is 0 Å². The maximum Gasteiger partial charge on any atom is 0.202 e. The second kappa shape index (κ2) is 7.62. The molecule has 0 spiro atoms. The van der Waals surface area contributed by atoms with Crippen molar-refractivity contribution < 1.29 is 9.29 Å². The molecule has 0 radical (unpaired) electrons. The second-order valence-corrected chi connectivity index (χ2v) is 7.24. The highest BCUT2D eigenvalue weighted by atomic mass is 32.1. The number of piperazine rings is 1. The van der Waals surface area contributed by atoms with Crippen molar-refractivity contribution in [3.05, 3.63) is 65.2 Å². The molecule has 2 heterocycles. The summed E-state index contributed by atoms with van der Waals surface area (Å²) in [7, 11) is 1.84. The van der Waals surface area contributed by atoms with Crippen LogP contribution < -0.4 is 9.80 Å². The van der Waals surface area contributed by atoms with Crippen molar-refractivity contribution in [3.63, 3.8) is 0 Å². The highest BCUT2D eigenvalue weighted by Gasteiger charge is 2.22. The lowest BCUT2D eigenvalue weighted by molar-refractivity contribution is -0.924. The van der Waals surface area contributed by atoms with Gasteiger partial charge < -0.3 is 14.4 Å². The van der Waals surface area contributed by atoms with Crippen LogP contribution in [0.15, 0.2) is 54.6 Å². The fourth-order valence-corrected chi connectivity index (χ4v) is 3.75. The molecule has 1 fully saturated rings. The van der Waals surface area contributed by atoms with Gasteiger partial charge in [-0.05, 0) is 36.5 Å². The zero-order valence-corrected chi connectivity index (χ0v) is 16.1. The quantitative estimate of drug-likeness (QED) is 0.699. The summed E-state index contributed by atoms with van der Waals surface area (Å²) in [6.45, 7) is 4.73. The summed E-state index contributed by atoms with van der Waals surface area (Å²) in [4.78, 5) is 3.84. The summed E-state index contributed by atoms with van der Waals surface area (Å²) in [5.74, 6) is 0.289. The third-order valence-electron chi connectivity index (χ3n) is 5.12. The third-order valence-corrected chi connectivity index (χ3v) is 5.61. The molecule has 1 saturated heterocycles. The predicted molar refractivity (Wildman–Crippen MR) is 107 cm³/mol. The second-order valence-electron chi connectivity index (χ2n) is 6.88. The minimum atomic E-state index is -0.281. The summed E-state index contributed by atoms with van der Waals surface area (Å²) >= 11 is 5.54. The van der Waals surface area contributed by atoms with E-state index >= 15 is 0 Å². The van der Waals surface area contributed by atoms with Crippen molar-refractivity contribution in [1.82, 2.24) is 14.3 Å². The molecular weight excluding hydrogens is 361 g/mol. The first-order chi connectivity index (χ1) is 13.1. The number of halogens is 1. The standard InChI is InChI=1S/C20H22FN5S/c1-23-19(17-9-5-6-10-18(17)21)22-26(20(23)27)15-24-11-13-25(14-12-24)16-7-3-2-4-8-16/h2-10H,11-15H2,1H3/p+1. The SMILES string of the molecule is Cn1c(-c2ccccc2F)nn(C[NH+]2CCN(c3ccccc3)CC2)c1=S. The summed E-state index contributed by atoms with van der Waals surface area (Å²) < 4.78 is 18.4. The molecule has 140 valence electrons. The number of hydrogen-bond acceptors (Lipinski definition) is 3. The highest BCUT2D eigenvalue weighted by molar-refractivity contribution is 7.71. The number of para-hydroxylation sites is 1. The molecule has 2 aromatic carbocycles. The Morgan fingerprint density at radius 1 is 1.04 bits per heavy atom. The van der Waals surface area contributed by atoms with Gasteiger partial charge in [-0.3, -0.25) is 0 Å². The molecule has 3 aromatic rings. The van der Waals surface area contributed by atoms with Crippen molar-refractivity contribution in [2.24, 2.45) is 7.05 Å². The Kier molecular flexibility index (Phi) is 5.05. The summed E-state index contributed by atoms with van der Waals surface area (Å²) in [6.07, 6.45) is 0. The van der Waals surface area contributed by atoms with Crippen molar-refractivity contribution in [3.8, 4) is 11.4 Å². The Morgan fingerprint density at radius 3 is 2.41 bits per heavy atom. The van der Waals surface area contributed by atoms with Crippen LogP contribution in [0.2, 0.25) is 0 Å². The zero-order chi connectivity index (χ0) is 18.8. The van der Waals surface area contributed by atoms with Gasteiger partial charge in [-0.1, -0.05) is 30.3 Å². The van der Waals surface area contributed by atoms with Gasteiger partial charge in [-0.25, -0.2) is 4.39 Å². The first kappa shape index (κ1) is 17.9. The predicted octanol–water partition coefficient (Wildman–Crippen LogP) is 2.12. The van der Waals surface area contributed by atoms with Crippen molar-refractivity contribution >= 4 is 17.9 Å². The van der Waals surface area contributed by atoms with Crippen LogP contribution in [-0.2, 0) is 13.7 Å². The molecule has 1 aromatic heterocycles. The van der Waals surface area contributed by atoms with E-state index < -0.39 is 0 Å². The van der Waals surface area contributed by atoms with E-state index in [9.17, 15) is 4.39 Å². The van der Waals surface area contributed by atoms with Crippen LogP contribution in [0.3, 0.4) is 0 Å². The average Bonchev–Trinajstić information content (AvgIpc) is 2.98. The number of hydrogen-bond donors (Lipinski definition) is 1. The Bertz CT molecular complexity index is 974. The molecule has 0 unspecified atom stereocenters. The zero-order valence-electron chi connectivity index (χ0n) is 15.3. The molecule has 1 aliphatic rings. The minimum absolute atomic E-state index is 0.281. The highest BCUT2D eigenvalue weighted by Crippen LogP contribution is 2.20. The first-order valence-electron chi connectivity index (χ1n) is 9.16. The molecule has 0 amide bonds. The normalized spacial score (nSPS) is 15.3. The van der Waals surface area contributed by atoms with E-state index in [0.29, 0.717) is 22.8 Å². The Hall–Kier alpha value is -2.51. The molecule has 5 nitrogen and oxygen atoms in total. The van der Waals surface area contributed by atoms with Gasteiger partial charge in [-0.15, -0.1) is 5.10 Å². The van der Waals surface area contributed by atoms with E-state index in [2.05, 4.69) is 34.3 Å². The van der Waals surface area contributed by atoms with Crippen molar-refractivity contribution in [2.45, 2.75) is 6.67 Å². The van der Waals surface area contributed by atoms with Gasteiger partial charge in [0.1, 0.15) is 5.82 Å². The van der Waals surface area contributed by atoms with Crippen LogP contribution in [0.25, 0.3) is 11.4 Å². The number of benzene rings is 2. The first-order valence-corrected chi connectivity index (χ1v) is 9.56. The third kappa shape index (κ3) is 3.65. The van der Waals surface area contributed by atoms with E-state index in [1.54, 1.807) is 16.7 Å². The average molecular weight is 385 g/mol. The molecule has 0 bridgehead atoms. The largest absolute Gasteiger partial charge is 0.360 e. The minimum Gasteiger partial charge on any atom is -0.360 e. The molecule has 0 aliphatic carbocycles. The lowest BCUT2D eigenvalue weighted by atomic mass is 10.2. The summed E-state index contributed by atoms with van der Waals surface area (Å²) in [5.41, 5.74) is 1.75. The van der Waals surface area contributed by atoms with E-state index in [1.807, 2.05) is 23.9 Å². The monoisotopic (exact) mass is 384 g/mol. The molecular formula is C20H23FN5S+. The Balaban J connectivity index is 1.47. The summed E-state index contributed by atoms with van der Waals surface area (Å²) in [6, 6.07) is 17.2. The number of nitrogens with one attached hydrogen (secondary N) is 1. The van der Waals surface area contributed by atoms with Gasteiger partial charge in [0.15, 0.2) is 12.5 Å². The van der Waals surface area contributed by atoms with E-state index in [-0.39, 0.29) is 5.82 Å². The Morgan fingerprint density at radius 2 is 1.70 bits per heavy atom. The molecule has 7 heteroatoms. The number of aromatic nitrogens is 3. The van der Waals surface area contributed by atoms with Crippen LogP contribution in [0.5, 0.6) is 0 Å².